The van der Waals surface area contributed by atoms with Crippen molar-refractivity contribution >= 4 is 11.6 Å². The highest BCUT2D eigenvalue weighted by Crippen LogP contribution is 2.24. The van der Waals surface area contributed by atoms with Gasteiger partial charge in [-0.05, 0) is 35.4 Å². The van der Waals surface area contributed by atoms with Crippen molar-refractivity contribution in [1.29, 1.82) is 0 Å². The summed E-state index contributed by atoms with van der Waals surface area (Å²) in [6, 6.07) is 18.7. The molecule has 2 aromatic carbocycles. The van der Waals surface area contributed by atoms with E-state index in [1.165, 1.54) is 0 Å². The van der Waals surface area contributed by atoms with Crippen LogP contribution in [-0.2, 0) is 13.2 Å². The molecule has 29 heavy (non-hydrogen) atoms. The van der Waals surface area contributed by atoms with Gasteiger partial charge in [0.1, 0.15) is 35.6 Å². The van der Waals surface area contributed by atoms with Crippen LogP contribution >= 0.6 is 11.6 Å². The van der Waals surface area contributed by atoms with Crippen LogP contribution in [0.1, 0.15) is 25.0 Å². The standard InChI is InChI=1S/C21H20ClNO4.C2H6/c1-24-17-7-3-15(4-8-17)13-26-19-11-20(22)23-21(12-19)27-14-16-5-9-18(25-2)10-6-16;1-2/h3-12H,13-14H2,1-2H3;1-2H3. The summed E-state index contributed by atoms with van der Waals surface area (Å²) in [5, 5.41) is 0.312. The van der Waals surface area contributed by atoms with E-state index >= 15 is 0 Å². The highest BCUT2D eigenvalue weighted by molar-refractivity contribution is 6.29. The summed E-state index contributed by atoms with van der Waals surface area (Å²) in [5.41, 5.74) is 2.02. The molecular formula is C23H26ClNO4. The maximum atomic E-state index is 6.09. The Balaban J connectivity index is 0.00000145. The van der Waals surface area contributed by atoms with E-state index in [-0.39, 0.29) is 0 Å². The molecule has 0 atom stereocenters. The summed E-state index contributed by atoms with van der Waals surface area (Å²) in [5.74, 6) is 2.60. The van der Waals surface area contributed by atoms with Gasteiger partial charge in [-0.3, -0.25) is 0 Å². The zero-order chi connectivity index (χ0) is 21.1. The number of halogens is 1. The molecule has 0 radical (unpaired) electrons. The Bertz CT molecular complexity index is 797. The number of pyridine rings is 1. The molecular weight excluding hydrogens is 390 g/mol. The Hall–Kier alpha value is -2.92. The van der Waals surface area contributed by atoms with Crippen molar-refractivity contribution in [3.05, 3.63) is 76.9 Å². The average Bonchev–Trinajstić information content (AvgIpc) is 2.78. The van der Waals surface area contributed by atoms with Crippen molar-refractivity contribution in [2.45, 2.75) is 27.1 Å². The largest absolute Gasteiger partial charge is 0.497 e. The van der Waals surface area contributed by atoms with Crippen LogP contribution in [0.25, 0.3) is 0 Å². The first-order chi connectivity index (χ1) is 14.2. The van der Waals surface area contributed by atoms with Crippen molar-refractivity contribution in [1.82, 2.24) is 4.98 Å². The summed E-state index contributed by atoms with van der Waals surface area (Å²) in [6.07, 6.45) is 0. The van der Waals surface area contributed by atoms with E-state index in [0.717, 1.165) is 22.6 Å². The fourth-order valence-electron chi connectivity index (χ4n) is 2.38. The number of ether oxygens (including phenoxy) is 4. The molecule has 0 saturated carbocycles. The van der Waals surface area contributed by atoms with Gasteiger partial charge in [-0.1, -0.05) is 49.7 Å². The van der Waals surface area contributed by atoms with Crippen molar-refractivity contribution in [2.75, 3.05) is 14.2 Å². The fraction of sp³-hybridized carbons (Fsp3) is 0.261. The van der Waals surface area contributed by atoms with Gasteiger partial charge in [-0.2, -0.15) is 0 Å². The van der Waals surface area contributed by atoms with E-state index in [9.17, 15) is 0 Å². The van der Waals surface area contributed by atoms with Gasteiger partial charge in [0.15, 0.2) is 0 Å². The van der Waals surface area contributed by atoms with Gasteiger partial charge < -0.3 is 18.9 Å². The molecule has 0 N–H and O–H groups in total. The van der Waals surface area contributed by atoms with Crippen LogP contribution in [-0.4, -0.2) is 19.2 Å². The molecule has 0 fully saturated rings. The number of aromatic nitrogens is 1. The lowest BCUT2D eigenvalue weighted by molar-refractivity contribution is 0.281. The van der Waals surface area contributed by atoms with Gasteiger partial charge in [-0.15, -0.1) is 0 Å². The van der Waals surface area contributed by atoms with E-state index in [4.69, 9.17) is 30.5 Å². The number of hydrogen-bond acceptors (Lipinski definition) is 5. The Morgan fingerprint density at radius 2 is 1.17 bits per heavy atom. The second-order valence-corrected chi connectivity index (χ2v) is 6.12. The topological polar surface area (TPSA) is 49.8 Å². The first-order valence-electron chi connectivity index (χ1n) is 9.35. The lowest BCUT2D eigenvalue weighted by Crippen LogP contribution is -2.00. The summed E-state index contributed by atoms with van der Waals surface area (Å²) in [7, 11) is 3.27. The molecule has 0 aliphatic heterocycles. The normalized spacial score (nSPS) is 9.83. The lowest BCUT2D eigenvalue weighted by atomic mass is 10.2. The number of rotatable bonds is 8. The van der Waals surface area contributed by atoms with Gasteiger partial charge >= 0.3 is 0 Å². The van der Waals surface area contributed by atoms with E-state index in [2.05, 4.69) is 4.98 Å². The lowest BCUT2D eigenvalue weighted by Gasteiger charge is -2.10. The molecule has 5 nitrogen and oxygen atoms in total. The molecule has 3 aromatic rings. The van der Waals surface area contributed by atoms with Crippen molar-refractivity contribution in [2.24, 2.45) is 0 Å². The third-order valence-corrected chi connectivity index (χ3v) is 4.05. The Morgan fingerprint density at radius 3 is 1.66 bits per heavy atom. The third kappa shape index (κ3) is 7.20. The fourth-order valence-corrected chi connectivity index (χ4v) is 2.57. The van der Waals surface area contributed by atoms with Crippen LogP contribution in [0.3, 0.4) is 0 Å². The van der Waals surface area contributed by atoms with E-state index in [1.54, 1.807) is 26.4 Å². The molecule has 0 saturated heterocycles. The monoisotopic (exact) mass is 415 g/mol. The van der Waals surface area contributed by atoms with Gasteiger partial charge in [0.2, 0.25) is 5.88 Å². The molecule has 6 heteroatoms. The van der Waals surface area contributed by atoms with Crippen LogP contribution in [0.15, 0.2) is 60.7 Å². The summed E-state index contributed by atoms with van der Waals surface area (Å²) >= 11 is 6.09. The molecule has 3 rings (SSSR count). The van der Waals surface area contributed by atoms with Gasteiger partial charge in [0, 0.05) is 12.1 Å². The molecule has 0 unspecified atom stereocenters. The predicted octanol–water partition coefficient (Wildman–Crippen LogP) is 5.94. The summed E-state index contributed by atoms with van der Waals surface area (Å²) in [4.78, 5) is 4.18. The highest BCUT2D eigenvalue weighted by Gasteiger charge is 2.05. The Kier molecular flexibility index (Phi) is 9.12. The number of hydrogen-bond donors (Lipinski definition) is 0. The maximum absolute atomic E-state index is 6.09. The molecule has 154 valence electrons. The van der Waals surface area contributed by atoms with Crippen LogP contribution in [0, 0.1) is 0 Å². The minimum Gasteiger partial charge on any atom is -0.497 e. The quantitative estimate of drug-likeness (QED) is 0.426. The van der Waals surface area contributed by atoms with Crippen LogP contribution in [0.5, 0.6) is 23.1 Å². The van der Waals surface area contributed by atoms with Gasteiger partial charge in [0.05, 0.1) is 14.2 Å². The molecule has 1 heterocycles. The first-order valence-corrected chi connectivity index (χ1v) is 9.73. The second-order valence-electron chi connectivity index (χ2n) is 5.74. The molecule has 0 bridgehead atoms. The molecule has 0 spiro atoms. The van der Waals surface area contributed by atoms with Crippen molar-refractivity contribution in [3.8, 4) is 23.1 Å². The summed E-state index contributed by atoms with van der Waals surface area (Å²) < 4.78 is 21.8. The molecule has 0 aliphatic rings. The maximum Gasteiger partial charge on any atom is 0.218 e. The summed E-state index contributed by atoms with van der Waals surface area (Å²) in [6.45, 7) is 4.78. The first kappa shape index (κ1) is 22.4. The average molecular weight is 416 g/mol. The molecule has 0 amide bonds. The molecule has 1 aromatic heterocycles. The smallest absolute Gasteiger partial charge is 0.218 e. The zero-order valence-electron chi connectivity index (χ0n) is 17.1. The third-order valence-electron chi connectivity index (χ3n) is 3.85. The minimum absolute atomic E-state index is 0.312. The predicted molar refractivity (Wildman–Crippen MR) is 115 cm³/mol. The SMILES string of the molecule is CC.COc1ccc(COc2cc(Cl)nc(OCc3ccc(OC)cc3)c2)cc1. The van der Waals surface area contributed by atoms with E-state index < -0.39 is 0 Å². The van der Waals surface area contributed by atoms with Gasteiger partial charge in [-0.25, -0.2) is 4.98 Å². The Labute approximate surface area is 177 Å². The number of benzene rings is 2. The van der Waals surface area contributed by atoms with E-state index in [1.807, 2.05) is 62.4 Å². The number of nitrogens with zero attached hydrogens (tertiary/aromatic N) is 1. The van der Waals surface area contributed by atoms with Crippen LogP contribution in [0.2, 0.25) is 5.15 Å². The van der Waals surface area contributed by atoms with E-state index in [0.29, 0.717) is 30.0 Å². The zero-order valence-corrected chi connectivity index (χ0v) is 17.9. The highest BCUT2D eigenvalue weighted by atomic mass is 35.5. The van der Waals surface area contributed by atoms with Crippen molar-refractivity contribution in [3.63, 3.8) is 0 Å². The minimum atomic E-state index is 0.312. The number of methoxy groups -OCH3 is 2. The Morgan fingerprint density at radius 1 is 0.690 bits per heavy atom. The molecule has 0 aliphatic carbocycles. The second kappa shape index (κ2) is 11.8. The van der Waals surface area contributed by atoms with Gasteiger partial charge in [0.25, 0.3) is 0 Å². The van der Waals surface area contributed by atoms with Crippen molar-refractivity contribution < 1.29 is 18.9 Å². The van der Waals surface area contributed by atoms with Crippen LogP contribution < -0.4 is 18.9 Å². The van der Waals surface area contributed by atoms with Crippen LogP contribution in [0.4, 0.5) is 0 Å².